The second-order valence-corrected chi connectivity index (χ2v) is 7.51. The molecule has 1 aromatic rings. The van der Waals surface area contributed by atoms with Crippen LogP contribution in [0.1, 0.15) is 24.8 Å². The van der Waals surface area contributed by atoms with Crippen LogP contribution in [0.25, 0.3) is 0 Å². The molecule has 0 aromatic heterocycles. The van der Waals surface area contributed by atoms with Gasteiger partial charge in [-0.05, 0) is 37.3 Å². The SMILES string of the molecule is O=C([C@@H]1CC=CCC1)N1CCN(CC(=O)N2CCc3ccccc32)CC1. The fourth-order valence-electron chi connectivity index (χ4n) is 4.28. The quantitative estimate of drug-likeness (QED) is 0.782. The largest absolute Gasteiger partial charge is 0.340 e. The molecule has 2 heterocycles. The van der Waals surface area contributed by atoms with E-state index in [1.54, 1.807) is 0 Å². The molecule has 26 heavy (non-hydrogen) atoms. The Morgan fingerprint density at radius 1 is 1.00 bits per heavy atom. The first-order chi connectivity index (χ1) is 12.7. The van der Waals surface area contributed by atoms with Crippen molar-refractivity contribution in [2.75, 3.05) is 44.2 Å². The summed E-state index contributed by atoms with van der Waals surface area (Å²) in [6, 6.07) is 8.17. The monoisotopic (exact) mass is 353 g/mol. The molecule has 1 aromatic carbocycles. The molecule has 0 saturated carbocycles. The van der Waals surface area contributed by atoms with E-state index in [-0.39, 0.29) is 11.8 Å². The minimum Gasteiger partial charge on any atom is -0.340 e. The minimum absolute atomic E-state index is 0.161. The Kier molecular flexibility index (Phi) is 5.07. The van der Waals surface area contributed by atoms with Gasteiger partial charge in [-0.2, -0.15) is 0 Å². The molecule has 1 fully saturated rings. The first-order valence-corrected chi connectivity index (χ1v) is 9.77. The van der Waals surface area contributed by atoms with Crippen LogP contribution in [0, 0.1) is 5.92 Å². The standard InChI is InChI=1S/C21H27N3O2/c25-20(24-11-10-17-6-4-5-9-19(17)24)16-22-12-14-23(15-13-22)21(26)18-7-2-1-3-8-18/h1-2,4-6,9,18H,3,7-8,10-16H2/t18-/m1/s1. The van der Waals surface area contributed by atoms with Gasteiger partial charge < -0.3 is 9.80 Å². The van der Waals surface area contributed by atoms with Crippen LogP contribution in [-0.4, -0.2) is 60.9 Å². The Morgan fingerprint density at radius 2 is 1.81 bits per heavy atom. The van der Waals surface area contributed by atoms with Crippen molar-refractivity contribution in [1.82, 2.24) is 9.80 Å². The molecule has 138 valence electrons. The van der Waals surface area contributed by atoms with Crippen LogP contribution in [0.2, 0.25) is 0 Å². The Bertz CT molecular complexity index is 707. The van der Waals surface area contributed by atoms with E-state index in [1.807, 2.05) is 28.0 Å². The Morgan fingerprint density at radius 3 is 2.58 bits per heavy atom. The topological polar surface area (TPSA) is 43.9 Å². The number of carbonyl (C=O) groups is 2. The molecular formula is C21H27N3O2. The lowest BCUT2D eigenvalue weighted by atomic mass is 9.93. The van der Waals surface area contributed by atoms with Crippen LogP contribution in [0.4, 0.5) is 5.69 Å². The van der Waals surface area contributed by atoms with Gasteiger partial charge in [-0.15, -0.1) is 0 Å². The maximum absolute atomic E-state index is 12.7. The van der Waals surface area contributed by atoms with Crippen molar-refractivity contribution in [2.45, 2.75) is 25.7 Å². The number of anilines is 1. The zero-order valence-corrected chi connectivity index (χ0v) is 15.3. The molecular weight excluding hydrogens is 326 g/mol. The van der Waals surface area contributed by atoms with Crippen molar-refractivity contribution in [1.29, 1.82) is 0 Å². The Balaban J connectivity index is 1.28. The molecule has 4 rings (SSSR count). The van der Waals surface area contributed by atoms with Gasteiger partial charge in [0.05, 0.1) is 6.54 Å². The van der Waals surface area contributed by atoms with Crippen molar-refractivity contribution in [3.05, 3.63) is 42.0 Å². The van der Waals surface area contributed by atoms with Crippen molar-refractivity contribution in [3.8, 4) is 0 Å². The molecule has 5 nitrogen and oxygen atoms in total. The minimum atomic E-state index is 0.161. The number of carbonyl (C=O) groups excluding carboxylic acids is 2. The summed E-state index contributed by atoms with van der Waals surface area (Å²) < 4.78 is 0. The first-order valence-electron chi connectivity index (χ1n) is 9.77. The zero-order valence-electron chi connectivity index (χ0n) is 15.3. The smallest absolute Gasteiger partial charge is 0.241 e. The van der Waals surface area contributed by atoms with E-state index in [0.29, 0.717) is 12.5 Å². The van der Waals surface area contributed by atoms with Crippen LogP contribution >= 0.6 is 0 Å². The Hall–Kier alpha value is -2.14. The summed E-state index contributed by atoms with van der Waals surface area (Å²) in [6.45, 7) is 4.28. The second-order valence-electron chi connectivity index (χ2n) is 7.51. The van der Waals surface area contributed by atoms with Gasteiger partial charge >= 0.3 is 0 Å². The number of rotatable bonds is 3. The molecule has 2 amide bonds. The number of benzene rings is 1. The summed E-state index contributed by atoms with van der Waals surface area (Å²) >= 11 is 0. The van der Waals surface area contributed by atoms with E-state index in [9.17, 15) is 9.59 Å². The molecule has 1 saturated heterocycles. The third-order valence-corrected chi connectivity index (χ3v) is 5.85. The molecule has 2 aliphatic heterocycles. The van der Waals surface area contributed by atoms with Crippen LogP contribution in [0.15, 0.2) is 36.4 Å². The number of hydrogen-bond acceptors (Lipinski definition) is 3. The van der Waals surface area contributed by atoms with Gasteiger partial charge in [-0.3, -0.25) is 14.5 Å². The molecule has 1 aliphatic carbocycles. The van der Waals surface area contributed by atoms with E-state index in [0.717, 1.165) is 64.1 Å². The molecule has 5 heteroatoms. The summed E-state index contributed by atoms with van der Waals surface area (Å²) in [5.74, 6) is 0.634. The lowest BCUT2D eigenvalue weighted by molar-refractivity contribution is -0.137. The third-order valence-electron chi connectivity index (χ3n) is 5.85. The molecule has 0 bridgehead atoms. The number of allylic oxidation sites excluding steroid dienone is 2. The Labute approximate surface area is 155 Å². The van der Waals surface area contributed by atoms with Crippen LogP contribution in [0.5, 0.6) is 0 Å². The van der Waals surface area contributed by atoms with Crippen LogP contribution < -0.4 is 4.90 Å². The van der Waals surface area contributed by atoms with E-state index >= 15 is 0 Å². The van der Waals surface area contributed by atoms with Crippen LogP contribution in [-0.2, 0) is 16.0 Å². The van der Waals surface area contributed by atoms with Gasteiger partial charge in [0.15, 0.2) is 0 Å². The number of para-hydroxylation sites is 1. The lowest BCUT2D eigenvalue weighted by Gasteiger charge is -2.37. The number of nitrogens with zero attached hydrogens (tertiary/aromatic N) is 3. The number of piperazine rings is 1. The summed E-state index contributed by atoms with van der Waals surface area (Å²) in [5, 5.41) is 0. The van der Waals surface area contributed by atoms with Gasteiger partial charge in [-0.25, -0.2) is 0 Å². The average Bonchev–Trinajstić information content (AvgIpc) is 3.13. The van der Waals surface area contributed by atoms with Crippen molar-refractivity contribution in [2.24, 2.45) is 5.92 Å². The molecule has 0 radical (unpaired) electrons. The van der Waals surface area contributed by atoms with Gasteiger partial charge in [0.1, 0.15) is 0 Å². The number of hydrogen-bond donors (Lipinski definition) is 0. The summed E-state index contributed by atoms with van der Waals surface area (Å²) in [5.41, 5.74) is 2.33. The van der Waals surface area contributed by atoms with E-state index in [1.165, 1.54) is 5.56 Å². The third kappa shape index (κ3) is 3.54. The van der Waals surface area contributed by atoms with Gasteiger partial charge in [0.2, 0.25) is 11.8 Å². The summed E-state index contributed by atoms with van der Waals surface area (Å²) in [4.78, 5) is 31.5. The number of fused-ring (bicyclic) bond motifs is 1. The molecule has 1 atom stereocenters. The summed E-state index contributed by atoms with van der Waals surface area (Å²) in [6.07, 6.45) is 8.12. The molecule has 0 N–H and O–H groups in total. The van der Waals surface area contributed by atoms with Gasteiger partial charge in [0.25, 0.3) is 0 Å². The predicted molar refractivity (Wildman–Crippen MR) is 102 cm³/mol. The lowest BCUT2D eigenvalue weighted by Crippen LogP contribution is -2.52. The molecule has 3 aliphatic rings. The number of amides is 2. The van der Waals surface area contributed by atoms with Crippen molar-refractivity contribution in [3.63, 3.8) is 0 Å². The first kappa shape index (κ1) is 17.3. The highest BCUT2D eigenvalue weighted by atomic mass is 16.2. The highest BCUT2D eigenvalue weighted by molar-refractivity contribution is 5.96. The van der Waals surface area contributed by atoms with E-state index in [2.05, 4.69) is 23.1 Å². The van der Waals surface area contributed by atoms with Crippen molar-refractivity contribution < 1.29 is 9.59 Å². The zero-order chi connectivity index (χ0) is 17.9. The maximum Gasteiger partial charge on any atom is 0.241 e. The normalized spacial score (nSPS) is 23.2. The maximum atomic E-state index is 12.7. The second kappa shape index (κ2) is 7.62. The summed E-state index contributed by atoms with van der Waals surface area (Å²) in [7, 11) is 0. The fraction of sp³-hybridized carbons (Fsp3) is 0.524. The van der Waals surface area contributed by atoms with E-state index < -0.39 is 0 Å². The van der Waals surface area contributed by atoms with Crippen LogP contribution in [0.3, 0.4) is 0 Å². The highest BCUT2D eigenvalue weighted by Crippen LogP contribution is 2.27. The highest BCUT2D eigenvalue weighted by Gasteiger charge is 2.30. The molecule has 0 unspecified atom stereocenters. The van der Waals surface area contributed by atoms with Gasteiger partial charge in [-0.1, -0.05) is 30.4 Å². The molecule has 0 spiro atoms. The van der Waals surface area contributed by atoms with Crippen molar-refractivity contribution >= 4 is 17.5 Å². The fourth-order valence-corrected chi connectivity index (χ4v) is 4.28. The average molecular weight is 353 g/mol. The predicted octanol–water partition coefficient (Wildman–Crippen LogP) is 2.08. The van der Waals surface area contributed by atoms with E-state index in [4.69, 9.17) is 0 Å². The van der Waals surface area contributed by atoms with Gasteiger partial charge in [0, 0.05) is 44.3 Å².